The molecule has 0 aliphatic heterocycles. The number of ether oxygens (including phenoxy) is 1. The zero-order valence-electron chi connectivity index (χ0n) is 17.5. The molecule has 0 fully saturated rings. The van der Waals surface area contributed by atoms with Crippen LogP contribution in [0.5, 0.6) is 5.75 Å². The number of aliphatic imine (C=N–C) groups is 1. The van der Waals surface area contributed by atoms with Gasteiger partial charge in [-0.05, 0) is 55.9 Å². The molecule has 6 heteroatoms. The van der Waals surface area contributed by atoms with E-state index in [1.54, 1.807) is 7.11 Å². The Bertz CT molecular complexity index is 749. The van der Waals surface area contributed by atoms with Gasteiger partial charge in [0.05, 0.1) is 12.8 Å². The summed E-state index contributed by atoms with van der Waals surface area (Å²) in [6, 6.07) is 8.30. The Kier molecular flexibility index (Phi) is 7.70. The topological polar surface area (TPSA) is 63.5 Å². The predicted octanol–water partition coefficient (Wildman–Crippen LogP) is 2.95. The zero-order chi connectivity index (χ0) is 19.8. The fraction of sp³-hybridized carbons (Fsp3) is 0.524. The highest BCUT2D eigenvalue weighted by atomic mass is 16.5. The van der Waals surface area contributed by atoms with Crippen molar-refractivity contribution in [3.63, 3.8) is 0 Å². The van der Waals surface area contributed by atoms with Crippen molar-refractivity contribution in [3.05, 3.63) is 46.8 Å². The van der Waals surface area contributed by atoms with E-state index in [0.717, 1.165) is 43.3 Å². The first-order valence-corrected chi connectivity index (χ1v) is 9.53. The first-order chi connectivity index (χ1) is 13.0. The molecular formula is C21H33N5O. The minimum Gasteiger partial charge on any atom is -0.497 e. The van der Waals surface area contributed by atoms with Gasteiger partial charge in [0.25, 0.3) is 0 Å². The molecule has 0 radical (unpaired) electrons. The average molecular weight is 372 g/mol. The van der Waals surface area contributed by atoms with Crippen LogP contribution in [0.3, 0.4) is 0 Å². The van der Waals surface area contributed by atoms with Crippen LogP contribution in [0.4, 0.5) is 0 Å². The van der Waals surface area contributed by atoms with Gasteiger partial charge < -0.3 is 15.4 Å². The van der Waals surface area contributed by atoms with Gasteiger partial charge in [0, 0.05) is 32.9 Å². The van der Waals surface area contributed by atoms with Crippen LogP contribution in [0.2, 0.25) is 0 Å². The van der Waals surface area contributed by atoms with E-state index < -0.39 is 0 Å². The number of methoxy groups -OCH3 is 1. The molecule has 0 aliphatic carbocycles. The molecule has 148 valence electrons. The predicted molar refractivity (Wildman–Crippen MR) is 112 cm³/mol. The van der Waals surface area contributed by atoms with Gasteiger partial charge in [0.2, 0.25) is 0 Å². The van der Waals surface area contributed by atoms with Crippen LogP contribution in [0.1, 0.15) is 41.8 Å². The summed E-state index contributed by atoms with van der Waals surface area (Å²) in [6.07, 6.45) is 1.97. The molecule has 1 aromatic carbocycles. The molecule has 0 saturated carbocycles. The quantitative estimate of drug-likeness (QED) is 0.553. The molecule has 0 saturated heterocycles. The van der Waals surface area contributed by atoms with Gasteiger partial charge in [-0.3, -0.25) is 9.67 Å². The van der Waals surface area contributed by atoms with Crippen LogP contribution in [0.15, 0.2) is 29.3 Å². The minimum atomic E-state index is 0.474. The lowest BCUT2D eigenvalue weighted by Crippen LogP contribution is -2.39. The SMILES string of the molecule is CN=C(NCCc1c(C)nn(C)c1C)NCCC(C)c1ccc(OC)cc1. The monoisotopic (exact) mass is 371 g/mol. The molecule has 0 bridgehead atoms. The summed E-state index contributed by atoms with van der Waals surface area (Å²) in [7, 11) is 5.49. The number of aromatic nitrogens is 2. The molecule has 1 aromatic heterocycles. The second kappa shape index (κ2) is 10.00. The van der Waals surface area contributed by atoms with Crippen molar-refractivity contribution in [2.75, 3.05) is 27.2 Å². The zero-order valence-corrected chi connectivity index (χ0v) is 17.5. The van der Waals surface area contributed by atoms with Crippen molar-refractivity contribution in [1.82, 2.24) is 20.4 Å². The number of aryl methyl sites for hydroxylation is 2. The summed E-state index contributed by atoms with van der Waals surface area (Å²) >= 11 is 0. The lowest BCUT2D eigenvalue weighted by atomic mass is 9.98. The third kappa shape index (κ3) is 5.74. The van der Waals surface area contributed by atoms with E-state index in [-0.39, 0.29) is 0 Å². The van der Waals surface area contributed by atoms with Crippen molar-refractivity contribution in [2.45, 2.75) is 39.5 Å². The maximum absolute atomic E-state index is 5.22. The molecule has 0 spiro atoms. The van der Waals surface area contributed by atoms with E-state index in [2.05, 4.69) is 53.6 Å². The minimum absolute atomic E-state index is 0.474. The van der Waals surface area contributed by atoms with Crippen LogP contribution in [-0.4, -0.2) is 43.0 Å². The average Bonchev–Trinajstić information content (AvgIpc) is 2.92. The molecule has 0 aliphatic rings. The fourth-order valence-corrected chi connectivity index (χ4v) is 3.21. The standard InChI is InChI=1S/C21H33N5O/c1-15(18-7-9-19(27-6)10-8-18)11-13-23-21(22-4)24-14-12-20-16(2)25-26(5)17(20)3/h7-10,15H,11-14H2,1-6H3,(H2,22,23,24). The lowest BCUT2D eigenvalue weighted by molar-refractivity contribution is 0.414. The second-order valence-electron chi connectivity index (χ2n) is 6.91. The number of nitrogens with one attached hydrogen (secondary N) is 2. The van der Waals surface area contributed by atoms with E-state index in [1.165, 1.54) is 16.8 Å². The van der Waals surface area contributed by atoms with Gasteiger partial charge in [-0.15, -0.1) is 0 Å². The van der Waals surface area contributed by atoms with E-state index in [0.29, 0.717) is 5.92 Å². The highest BCUT2D eigenvalue weighted by Gasteiger charge is 2.09. The lowest BCUT2D eigenvalue weighted by Gasteiger charge is -2.15. The summed E-state index contributed by atoms with van der Waals surface area (Å²) in [5, 5.41) is 11.3. The summed E-state index contributed by atoms with van der Waals surface area (Å²) in [4.78, 5) is 4.32. The maximum Gasteiger partial charge on any atom is 0.190 e. The van der Waals surface area contributed by atoms with E-state index in [9.17, 15) is 0 Å². The Balaban J connectivity index is 1.74. The Morgan fingerprint density at radius 3 is 2.41 bits per heavy atom. The van der Waals surface area contributed by atoms with Gasteiger partial charge in [-0.2, -0.15) is 5.10 Å². The molecule has 27 heavy (non-hydrogen) atoms. The summed E-state index contributed by atoms with van der Waals surface area (Å²) < 4.78 is 7.16. The highest BCUT2D eigenvalue weighted by Crippen LogP contribution is 2.21. The Morgan fingerprint density at radius 1 is 1.19 bits per heavy atom. The highest BCUT2D eigenvalue weighted by molar-refractivity contribution is 5.79. The largest absolute Gasteiger partial charge is 0.497 e. The van der Waals surface area contributed by atoms with Crippen molar-refractivity contribution in [2.24, 2.45) is 12.0 Å². The van der Waals surface area contributed by atoms with Crippen molar-refractivity contribution in [1.29, 1.82) is 0 Å². The number of benzene rings is 1. The second-order valence-corrected chi connectivity index (χ2v) is 6.91. The van der Waals surface area contributed by atoms with E-state index in [1.807, 2.05) is 30.9 Å². The van der Waals surface area contributed by atoms with Gasteiger partial charge in [-0.1, -0.05) is 19.1 Å². The number of hydrogen-bond acceptors (Lipinski definition) is 3. The molecule has 6 nitrogen and oxygen atoms in total. The molecule has 1 heterocycles. The van der Waals surface area contributed by atoms with Crippen molar-refractivity contribution < 1.29 is 4.74 Å². The molecule has 1 atom stereocenters. The Morgan fingerprint density at radius 2 is 1.85 bits per heavy atom. The number of rotatable bonds is 8. The van der Waals surface area contributed by atoms with Crippen LogP contribution < -0.4 is 15.4 Å². The van der Waals surface area contributed by atoms with Crippen molar-refractivity contribution >= 4 is 5.96 Å². The van der Waals surface area contributed by atoms with Gasteiger partial charge in [-0.25, -0.2) is 0 Å². The maximum atomic E-state index is 5.22. The third-order valence-corrected chi connectivity index (χ3v) is 5.10. The van der Waals surface area contributed by atoms with Gasteiger partial charge >= 0.3 is 0 Å². The van der Waals surface area contributed by atoms with Gasteiger partial charge in [0.1, 0.15) is 5.75 Å². The first kappa shape index (κ1) is 20.8. The number of guanidine groups is 1. The van der Waals surface area contributed by atoms with Crippen LogP contribution in [0.25, 0.3) is 0 Å². The molecule has 0 amide bonds. The Hall–Kier alpha value is -2.50. The molecular weight excluding hydrogens is 338 g/mol. The first-order valence-electron chi connectivity index (χ1n) is 9.53. The Labute approximate surface area is 163 Å². The van der Waals surface area contributed by atoms with Crippen LogP contribution >= 0.6 is 0 Å². The van der Waals surface area contributed by atoms with E-state index >= 15 is 0 Å². The number of hydrogen-bond donors (Lipinski definition) is 2. The molecule has 2 N–H and O–H groups in total. The van der Waals surface area contributed by atoms with Crippen molar-refractivity contribution in [3.8, 4) is 5.75 Å². The molecule has 2 rings (SSSR count). The number of nitrogens with zero attached hydrogens (tertiary/aromatic N) is 3. The summed E-state index contributed by atoms with van der Waals surface area (Å²) in [6.45, 7) is 8.13. The smallest absolute Gasteiger partial charge is 0.190 e. The molecule has 1 unspecified atom stereocenters. The third-order valence-electron chi connectivity index (χ3n) is 5.10. The molecule has 2 aromatic rings. The van der Waals surface area contributed by atoms with Gasteiger partial charge in [0.15, 0.2) is 5.96 Å². The van der Waals surface area contributed by atoms with Crippen LogP contribution in [-0.2, 0) is 13.5 Å². The summed E-state index contributed by atoms with van der Waals surface area (Å²) in [5.74, 6) is 2.21. The van der Waals surface area contributed by atoms with E-state index in [4.69, 9.17) is 4.74 Å². The van der Waals surface area contributed by atoms with Crippen LogP contribution in [0, 0.1) is 13.8 Å². The normalized spacial score (nSPS) is 12.7. The summed E-state index contributed by atoms with van der Waals surface area (Å²) in [5.41, 5.74) is 4.97. The fourth-order valence-electron chi connectivity index (χ4n) is 3.21.